The largest absolute Gasteiger partial charge is 0.435 e. The van der Waals surface area contributed by atoms with Gasteiger partial charge in [0.05, 0.1) is 16.8 Å². The minimum atomic E-state index is -4.70. The molecule has 0 aliphatic carbocycles. The average molecular weight is 454 g/mol. The molecule has 0 saturated carbocycles. The zero-order valence-corrected chi connectivity index (χ0v) is 17.0. The van der Waals surface area contributed by atoms with Crippen molar-refractivity contribution in [1.29, 1.82) is 0 Å². The van der Waals surface area contributed by atoms with E-state index < -0.39 is 17.8 Å². The van der Waals surface area contributed by atoms with Gasteiger partial charge < -0.3 is 4.90 Å². The topological polar surface area (TPSA) is 38.1 Å². The number of likely N-dealkylation sites (tertiary alicyclic amines) is 1. The Morgan fingerprint density at radius 2 is 1.83 bits per heavy atom. The third kappa shape index (κ3) is 3.91. The monoisotopic (exact) mass is 453 g/mol. The highest BCUT2D eigenvalue weighted by Gasteiger charge is 2.39. The molecule has 3 aromatic rings. The lowest BCUT2D eigenvalue weighted by Crippen LogP contribution is -2.32. The molecule has 30 heavy (non-hydrogen) atoms. The summed E-state index contributed by atoms with van der Waals surface area (Å²) < 4.78 is 41.1. The van der Waals surface area contributed by atoms with Crippen LogP contribution in [0.4, 0.5) is 13.2 Å². The minimum Gasteiger partial charge on any atom is -0.330 e. The number of hydrogen-bond donors (Lipinski definition) is 0. The van der Waals surface area contributed by atoms with E-state index in [1.165, 1.54) is 12.1 Å². The average Bonchev–Trinajstić information content (AvgIpc) is 3.35. The molecule has 1 aromatic heterocycles. The maximum atomic E-state index is 13.4. The molecule has 1 amide bonds. The molecule has 1 fully saturated rings. The van der Waals surface area contributed by atoms with Crippen LogP contribution in [-0.4, -0.2) is 27.1 Å². The summed E-state index contributed by atoms with van der Waals surface area (Å²) in [6.45, 7) is 0.422. The van der Waals surface area contributed by atoms with Crippen molar-refractivity contribution >= 4 is 29.1 Å². The van der Waals surface area contributed by atoms with Crippen LogP contribution in [0.25, 0.3) is 5.69 Å². The minimum absolute atomic E-state index is 0.190. The molecule has 0 bridgehead atoms. The summed E-state index contributed by atoms with van der Waals surface area (Å²) in [5, 5.41) is 4.38. The molecular formula is C21H16Cl2F3N3O. The Hall–Kier alpha value is -2.51. The Morgan fingerprint density at radius 1 is 1.07 bits per heavy atom. The molecule has 0 radical (unpaired) electrons. The first kappa shape index (κ1) is 20.8. The van der Waals surface area contributed by atoms with Crippen LogP contribution >= 0.6 is 23.2 Å². The van der Waals surface area contributed by atoms with Gasteiger partial charge in [-0.2, -0.15) is 18.3 Å². The summed E-state index contributed by atoms with van der Waals surface area (Å²) in [6, 6.07) is 14.0. The lowest BCUT2D eigenvalue weighted by molar-refractivity contribution is -0.141. The van der Waals surface area contributed by atoms with Crippen molar-refractivity contribution in [2.75, 3.05) is 6.54 Å². The van der Waals surface area contributed by atoms with Crippen molar-refractivity contribution in [3.05, 3.63) is 81.6 Å². The Bertz CT molecular complexity index is 1100. The lowest BCUT2D eigenvalue weighted by atomic mass is 10.0. The van der Waals surface area contributed by atoms with Crippen molar-refractivity contribution in [3.63, 3.8) is 0 Å². The molecule has 1 aliphatic rings. The Balaban J connectivity index is 1.78. The molecular weight excluding hydrogens is 438 g/mol. The number of hydrogen-bond acceptors (Lipinski definition) is 2. The van der Waals surface area contributed by atoms with Crippen LogP contribution in [0.15, 0.2) is 54.6 Å². The fraction of sp³-hybridized carbons (Fsp3) is 0.238. The second kappa shape index (κ2) is 7.96. The van der Waals surface area contributed by atoms with Crippen molar-refractivity contribution < 1.29 is 18.0 Å². The number of rotatable bonds is 3. The van der Waals surface area contributed by atoms with Crippen LogP contribution < -0.4 is 0 Å². The van der Waals surface area contributed by atoms with Crippen LogP contribution in [0.1, 0.15) is 40.6 Å². The van der Waals surface area contributed by atoms with E-state index in [1.54, 1.807) is 35.2 Å². The summed E-state index contributed by atoms with van der Waals surface area (Å²) in [5.74, 6) is -0.541. The normalized spacial score (nSPS) is 16.8. The molecule has 156 valence electrons. The summed E-state index contributed by atoms with van der Waals surface area (Å²) in [4.78, 5) is 14.9. The smallest absolute Gasteiger partial charge is 0.330 e. The molecule has 4 nitrogen and oxygen atoms in total. The number of para-hydroxylation sites is 1. The van der Waals surface area contributed by atoms with Crippen molar-refractivity contribution in [1.82, 2.24) is 14.7 Å². The number of aromatic nitrogens is 2. The quantitative estimate of drug-likeness (QED) is 0.475. The van der Waals surface area contributed by atoms with Gasteiger partial charge in [-0.3, -0.25) is 4.79 Å². The third-order valence-corrected chi connectivity index (χ3v) is 5.60. The molecule has 1 atom stereocenters. The molecule has 1 aliphatic heterocycles. The highest BCUT2D eigenvalue weighted by Crippen LogP contribution is 2.36. The fourth-order valence-electron chi connectivity index (χ4n) is 3.70. The maximum absolute atomic E-state index is 13.4. The van der Waals surface area contributed by atoms with Crippen LogP contribution in [0.5, 0.6) is 0 Å². The van der Waals surface area contributed by atoms with Gasteiger partial charge >= 0.3 is 6.18 Å². The molecule has 2 heterocycles. The van der Waals surface area contributed by atoms with Gasteiger partial charge in [-0.15, -0.1) is 0 Å². The van der Waals surface area contributed by atoms with E-state index in [0.717, 1.165) is 22.7 Å². The van der Waals surface area contributed by atoms with E-state index in [9.17, 15) is 18.0 Å². The van der Waals surface area contributed by atoms with E-state index in [4.69, 9.17) is 23.2 Å². The standard InChI is InChI=1S/C21H16Cl2F3N3O/c22-14-6-3-5-13(11-14)16-9-4-10-28(16)20(30)18-12-19(21(24,25)26)27-29(18)17-8-2-1-7-15(17)23/h1-3,5-8,11-12,16H,4,9-10H2. The number of amides is 1. The second-order valence-corrected chi connectivity index (χ2v) is 7.83. The number of carbonyl (C=O) groups excluding carboxylic acids is 1. The molecule has 1 unspecified atom stereocenters. The Morgan fingerprint density at radius 3 is 2.53 bits per heavy atom. The number of carbonyl (C=O) groups is 1. The summed E-state index contributed by atoms with van der Waals surface area (Å²) in [7, 11) is 0. The van der Waals surface area contributed by atoms with Gasteiger partial charge in [-0.05, 0) is 42.7 Å². The van der Waals surface area contributed by atoms with Crippen LogP contribution in [0.3, 0.4) is 0 Å². The summed E-state index contributed by atoms with van der Waals surface area (Å²) in [6.07, 6.45) is -3.27. The van der Waals surface area contributed by atoms with Crippen molar-refractivity contribution in [2.24, 2.45) is 0 Å². The number of alkyl halides is 3. The maximum Gasteiger partial charge on any atom is 0.435 e. The van der Waals surface area contributed by atoms with Gasteiger partial charge in [0, 0.05) is 17.6 Å². The number of benzene rings is 2. The van der Waals surface area contributed by atoms with Crippen molar-refractivity contribution in [3.8, 4) is 5.69 Å². The highest BCUT2D eigenvalue weighted by atomic mass is 35.5. The van der Waals surface area contributed by atoms with E-state index in [2.05, 4.69) is 5.10 Å². The van der Waals surface area contributed by atoms with E-state index >= 15 is 0 Å². The zero-order valence-electron chi connectivity index (χ0n) is 15.5. The predicted molar refractivity (Wildman–Crippen MR) is 108 cm³/mol. The van der Waals surface area contributed by atoms with Gasteiger partial charge in [-0.1, -0.05) is 47.5 Å². The van der Waals surface area contributed by atoms with Crippen LogP contribution in [0.2, 0.25) is 10.0 Å². The first-order chi connectivity index (χ1) is 14.3. The van der Waals surface area contributed by atoms with Gasteiger partial charge in [0.15, 0.2) is 5.69 Å². The molecule has 9 heteroatoms. The van der Waals surface area contributed by atoms with Crippen LogP contribution in [0, 0.1) is 0 Å². The lowest BCUT2D eigenvalue weighted by Gasteiger charge is -2.25. The SMILES string of the molecule is O=C(c1cc(C(F)(F)F)nn1-c1ccccc1Cl)N1CCCC1c1cccc(Cl)c1. The van der Waals surface area contributed by atoms with Gasteiger partial charge in [0.25, 0.3) is 5.91 Å². The Labute approximate surface area is 180 Å². The molecule has 1 saturated heterocycles. The third-order valence-electron chi connectivity index (χ3n) is 5.05. The van der Waals surface area contributed by atoms with E-state index in [1.807, 2.05) is 6.07 Å². The molecule has 4 rings (SSSR count). The zero-order chi connectivity index (χ0) is 21.5. The van der Waals surface area contributed by atoms with Crippen LogP contribution in [-0.2, 0) is 6.18 Å². The molecule has 0 N–H and O–H groups in total. The van der Waals surface area contributed by atoms with E-state index in [-0.39, 0.29) is 22.4 Å². The molecule has 0 spiro atoms. The van der Waals surface area contributed by atoms with Gasteiger partial charge in [0.2, 0.25) is 0 Å². The van der Waals surface area contributed by atoms with Gasteiger partial charge in [0.1, 0.15) is 5.69 Å². The second-order valence-electron chi connectivity index (χ2n) is 6.99. The highest BCUT2D eigenvalue weighted by molar-refractivity contribution is 6.32. The van der Waals surface area contributed by atoms with Gasteiger partial charge in [-0.25, -0.2) is 4.68 Å². The summed E-state index contributed by atoms with van der Waals surface area (Å²) >= 11 is 12.3. The number of nitrogens with zero attached hydrogens (tertiary/aromatic N) is 3. The first-order valence-electron chi connectivity index (χ1n) is 9.24. The fourth-order valence-corrected chi connectivity index (χ4v) is 4.11. The molecule has 2 aromatic carbocycles. The summed E-state index contributed by atoms with van der Waals surface area (Å²) in [5.41, 5.74) is -0.293. The van der Waals surface area contributed by atoms with E-state index in [0.29, 0.717) is 18.0 Å². The Kier molecular flexibility index (Phi) is 5.51. The van der Waals surface area contributed by atoms with Crippen molar-refractivity contribution in [2.45, 2.75) is 25.1 Å². The predicted octanol–water partition coefficient (Wildman–Crippen LogP) is 6.18. The number of halogens is 5. The first-order valence-corrected chi connectivity index (χ1v) is 10.00.